The van der Waals surface area contributed by atoms with E-state index in [4.69, 9.17) is 26.4 Å². The Morgan fingerprint density at radius 2 is 1.61 bits per heavy atom. The van der Waals surface area contributed by atoms with Crippen molar-refractivity contribution in [3.05, 3.63) is 71.9 Å². The fourth-order valence-corrected chi connectivity index (χ4v) is 7.95. The third-order valence-electron chi connectivity index (χ3n) is 5.90. The molecule has 0 bridgehead atoms. The Morgan fingerprint density at radius 3 is 2.26 bits per heavy atom. The number of nitrogens with zero attached hydrogens (tertiary/aromatic N) is 5. The summed E-state index contributed by atoms with van der Waals surface area (Å²) in [6, 6.07) is 20.2. The van der Waals surface area contributed by atoms with Gasteiger partial charge in [0.15, 0.2) is 5.82 Å². The molecule has 5 rings (SSSR count). The van der Waals surface area contributed by atoms with Crippen molar-refractivity contribution < 1.29 is 4.52 Å². The van der Waals surface area contributed by atoms with Crippen molar-refractivity contribution in [2.45, 2.75) is 13.8 Å². The molecule has 0 N–H and O–H groups in total. The first kappa shape index (κ1) is 20.6. The van der Waals surface area contributed by atoms with Gasteiger partial charge in [0.25, 0.3) is 0 Å². The second-order valence-corrected chi connectivity index (χ2v) is 11.5. The van der Waals surface area contributed by atoms with Crippen molar-refractivity contribution in [1.29, 1.82) is 0 Å². The Balaban J connectivity index is 1.66. The number of fused-ring (bicyclic) bond motifs is 1. The number of rotatable bonds is 4. The highest BCUT2D eigenvalue weighted by Gasteiger charge is 2.42. The standard InChI is InChI=1S/C23H26N5OPS/c1-3-26-14-16-27(17-15-26)30(31)21-18(2)25-28(20-12-8-5-9-13-20)22(21)24-23(29-30)19-10-6-4-7-11-19/h4-13H,3,14-17H2,1-2H3/t30-/m0/s1. The number of aliphatic imine (C=N–C) groups is 1. The predicted molar refractivity (Wildman–Crippen MR) is 130 cm³/mol. The Bertz CT molecular complexity index is 1150. The number of hydrogen-bond donors (Lipinski definition) is 0. The molecule has 0 unspecified atom stereocenters. The van der Waals surface area contributed by atoms with Crippen LogP contribution in [0, 0.1) is 6.92 Å². The molecule has 8 heteroatoms. The van der Waals surface area contributed by atoms with E-state index in [0.29, 0.717) is 5.90 Å². The van der Waals surface area contributed by atoms with Crippen molar-refractivity contribution in [3.63, 3.8) is 0 Å². The third kappa shape index (κ3) is 3.66. The second kappa shape index (κ2) is 8.32. The number of piperazine rings is 1. The molecule has 1 fully saturated rings. The molecule has 1 saturated heterocycles. The van der Waals surface area contributed by atoms with E-state index in [1.54, 1.807) is 0 Å². The zero-order chi connectivity index (χ0) is 21.4. The van der Waals surface area contributed by atoms with E-state index in [-0.39, 0.29) is 0 Å². The van der Waals surface area contributed by atoms with E-state index in [9.17, 15) is 0 Å². The van der Waals surface area contributed by atoms with E-state index in [1.807, 2.05) is 72.3 Å². The van der Waals surface area contributed by atoms with Crippen LogP contribution in [0.2, 0.25) is 0 Å². The predicted octanol–water partition coefficient (Wildman–Crippen LogP) is 3.86. The van der Waals surface area contributed by atoms with E-state index in [0.717, 1.165) is 60.8 Å². The molecular weight excluding hydrogens is 425 g/mol. The smallest absolute Gasteiger partial charge is 0.227 e. The van der Waals surface area contributed by atoms with E-state index in [1.165, 1.54) is 0 Å². The SMILES string of the molecule is CCN1CCN([P@]2(=S)OC(c3ccccc3)=Nc3c2c(C)nn3-c2ccccc2)CC1. The molecule has 2 aliphatic rings. The van der Waals surface area contributed by atoms with E-state index >= 15 is 0 Å². The topological polar surface area (TPSA) is 45.9 Å². The second-order valence-electron chi connectivity index (χ2n) is 7.79. The zero-order valence-electron chi connectivity index (χ0n) is 17.8. The average Bonchev–Trinajstić information content (AvgIpc) is 3.17. The molecule has 0 amide bonds. The van der Waals surface area contributed by atoms with Gasteiger partial charge in [-0.25, -0.2) is 9.35 Å². The number of hydrogen-bond acceptors (Lipinski definition) is 5. The lowest BCUT2D eigenvalue weighted by Gasteiger charge is -2.41. The van der Waals surface area contributed by atoms with Crippen LogP contribution >= 0.6 is 6.42 Å². The van der Waals surface area contributed by atoms with Crippen molar-refractivity contribution in [1.82, 2.24) is 19.4 Å². The maximum Gasteiger partial charge on any atom is 0.227 e. The number of aryl methyl sites for hydroxylation is 1. The molecule has 1 aromatic heterocycles. The molecule has 1 atom stereocenters. The van der Waals surface area contributed by atoms with E-state index < -0.39 is 6.42 Å². The summed E-state index contributed by atoms with van der Waals surface area (Å²) in [5.41, 5.74) is 2.81. The van der Waals surface area contributed by atoms with Crippen molar-refractivity contribution in [2.24, 2.45) is 4.99 Å². The number of likely N-dealkylation sites (N-methyl/N-ethyl adjacent to an activating group) is 1. The highest BCUT2D eigenvalue weighted by Crippen LogP contribution is 2.56. The van der Waals surface area contributed by atoms with Crippen molar-refractivity contribution in [2.75, 3.05) is 32.7 Å². The minimum absolute atomic E-state index is 0.589. The minimum Gasteiger partial charge on any atom is -0.431 e. The van der Waals surface area contributed by atoms with Crippen LogP contribution in [0.15, 0.2) is 65.7 Å². The summed E-state index contributed by atoms with van der Waals surface area (Å²) in [5.74, 6) is 1.39. The maximum atomic E-state index is 6.65. The molecule has 0 aliphatic carbocycles. The minimum atomic E-state index is -2.55. The van der Waals surface area contributed by atoms with Gasteiger partial charge in [-0.2, -0.15) is 10.1 Å². The van der Waals surface area contributed by atoms with Gasteiger partial charge < -0.3 is 9.42 Å². The van der Waals surface area contributed by atoms with Crippen molar-refractivity contribution in [3.8, 4) is 5.69 Å². The van der Waals surface area contributed by atoms with Crippen LogP contribution in [-0.2, 0) is 16.3 Å². The third-order valence-corrected chi connectivity index (χ3v) is 10.0. The lowest BCUT2D eigenvalue weighted by Crippen LogP contribution is -2.46. The Kier molecular flexibility index (Phi) is 5.52. The molecule has 0 spiro atoms. The average molecular weight is 452 g/mol. The summed E-state index contributed by atoms with van der Waals surface area (Å²) in [5, 5.41) is 5.85. The molecule has 3 aromatic rings. The highest BCUT2D eigenvalue weighted by molar-refractivity contribution is 8.15. The molecule has 3 heterocycles. The quantitative estimate of drug-likeness (QED) is 0.564. The molecule has 31 heavy (non-hydrogen) atoms. The monoisotopic (exact) mass is 451 g/mol. The first-order valence-electron chi connectivity index (χ1n) is 10.7. The first-order chi connectivity index (χ1) is 15.1. The zero-order valence-corrected chi connectivity index (χ0v) is 19.5. The van der Waals surface area contributed by atoms with Gasteiger partial charge >= 0.3 is 0 Å². The normalized spacial score (nSPS) is 21.9. The van der Waals surface area contributed by atoms with E-state index in [2.05, 4.69) is 16.5 Å². The Hall–Kier alpha value is -2.31. The largest absolute Gasteiger partial charge is 0.431 e. The van der Waals surface area contributed by atoms with Crippen LogP contribution < -0.4 is 5.30 Å². The Morgan fingerprint density at radius 1 is 0.968 bits per heavy atom. The molecule has 0 radical (unpaired) electrons. The maximum absolute atomic E-state index is 6.65. The van der Waals surface area contributed by atoms with Crippen LogP contribution in [0.5, 0.6) is 0 Å². The van der Waals surface area contributed by atoms with Gasteiger partial charge in [0.2, 0.25) is 12.3 Å². The molecule has 0 saturated carbocycles. The molecule has 6 nitrogen and oxygen atoms in total. The molecule has 2 aromatic carbocycles. The number of para-hydroxylation sites is 1. The van der Waals surface area contributed by atoms with Crippen LogP contribution in [-0.4, -0.2) is 58.0 Å². The van der Waals surface area contributed by atoms with Gasteiger partial charge in [0, 0.05) is 31.7 Å². The number of aromatic nitrogens is 2. The van der Waals surface area contributed by atoms with Crippen LogP contribution in [0.25, 0.3) is 5.69 Å². The summed E-state index contributed by atoms with van der Waals surface area (Å²) in [6.07, 6.45) is -2.55. The molecular formula is C23H26N5OPS. The van der Waals surface area contributed by atoms with Gasteiger partial charge in [-0.3, -0.25) is 0 Å². The van der Waals surface area contributed by atoms with Gasteiger partial charge in [0.1, 0.15) is 5.30 Å². The van der Waals surface area contributed by atoms with Crippen molar-refractivity contribution >= 4 is 35.2 Å². The summed E-state index contributed by atoms with van der Waals surface area (Å²) in [7, 11) is 0. The summed E-state index contributed by atoms with van der Waals surface area (Å²) in [6.45, 7) is 9.07. The fraction of sp³-hybridized carbons (Fsp3) is 0.304. The van der Waals surface area contributed by atoms with Gasteiger partial charge in [-0.05, 0) is 49.5 Å². The van der Waals surface area contributed by atoms with Gasteiger partial charge in [0.05, 0.1) is 11.4 Å². The van der Waals surface area contributed by atoms with Crippen LogP contribution in [0.3, 0.4) is 0 Å². The lowest BCUT2D eigenvalue weighted by atomic mass is 10.2. The van der Waals surface area contributed by atoms with Gasteiger partial charge in [-0.15, -0.1) is 0 Å². The highest BCUT2D eigenvalue weighted by atomic mass is 32.4. The Labute approximate surface area is 188 Å². The molecule has 160 valence electrons. The summed E-state index contributed by atoms with van der Waals surface area (Å²) < 4.78 is 10.9. The molecule has 2 aliphatic heterocycles. The number of benzene rings is 2. The first-order valence-corrected chi connectivity index (χ1v) is 13.3. The fourth-order valence-electron chi connectivity index (χ4n) is 4.18. The summed E-state index contributed by atoms with van der Waals surface area (Å²) >= 11 is 6.39. The van der Waals surface area contributed by atoms with Gasteiger partial charge in [-0.1, -0.05) is 43.3 Å². The summed E-state index contributed by atoms with van der Waals surface area (Å²) in [4.78, 5) is 7.41. The van der Waals surface area contributed by atoms with Crippen LogP contribution in [0.1, 0.15) is 18.2 Å². The lowest BCUT2D eigenvalue weighted by molar-refractivity contribution is 0.195. The van der Waals surface area contributed by atoms with Crippen LogP contribution in [0.4, 0.5) is 5.82 Å².